The Hall–Kier alpha value is -1.55. The molecule has 2 atom stereocenters. The van der Waals surface area contributed by atoms with Gasteiger partial charge in [0.25, 0.3) is 0 Å². The molecule has 0 aliphatic carbocycles. The van der Waals surface area contributed by atoms with Crippen LogP contribution in [0.15, 0.2) is 24.3 Å². The second-order valence-corrected chi connectivity index (χ2v) is 6.52. The van der Waals surface area contributed by atoms with E-state index in [0.29, 0.717) is 12.1 Å². The molecule has 0 amide bonds. The van der Waals surface area contributed by atoms with E-state index in [9.17, 15) is 4.79 Å². The minimum Gasteiger partial charge on any atom is -0.467 e. The number of piperidine rings is 1. The number of aryl methyl sites for hydroxylation is 1. The molecule has 3 rings (SSSR count). The van der Waals surface area contributed by atoms with Gasteiger partial charge in [-0.15, -0.1) is 0 Å². The maximum atomic E-state index is 12.5. The number of fused-ring (bicyclic) bond motifs is 2. The van der Waals surface area contributed by atoms with Gasteiger partial charge < -0.3 is 15.0 Å². The van der Waals surface area contributed by atoms with E-state index in [-0.39, 0.29) is 5.97 Å². The van der Waals surface area contributed by atoms with Crippen molar-refractivity contribution in [2.24, 2.45) is 0 Å². The number of rotatable bonds is 3. The summed E-state index contributed by atoms with van der Waals surface area (Å²) in [7, 11) is 3.66. The number of hydrogen-bond acceptors (Lipinski definition) is 4. The first-order valence-electron chi connectivity index (χ1n) is 7.69. The number of ether oxygens (including phenoxy) is 1. The third kappa shape index (κ3) is 2.53. The molecule has 0 aromatic heterocycles. The van der Waals surface area contributed by atoms with Crippen molar-refractivity contribution in [3.63, 3.8) is 0 Å². The summed E-state index contributed by atoms with van der Waals surface area (Å²) in [6.07, 6.45) is 3.99. The summed E-state index contributed by atoms with van der Waals surface area (Å²) in [4.78, 5) is 14.9. The number of methoxy groups -OCH3 is 1. The van der Waals surface area contributed by atoms with Crippen molar-refractivity contribution >= 4 is 11.7 Å². The van der Waals surface area contributed by atoms with Gasteiger partial charge in [-0.25, -0.2) is 4.79 Å². The van der Waals surface area contributed by atoms with Crippen LogP contribution in [0.2, 0.25) is 0 Å². The van der Waals surface area contributed by atoms with Crippen molar-refractivity contribution in [1.82, 2.24) is 4.90 Å². The van der Waals surface area contributed by atoms with Crippen LogP contribution in [0.3, 0.4) is 0 Å². The molecule has 2 aliphatic rings. The van der Waals surface area contributed by atoms with E-state index in [1.54, 1.807) is 0 Å². The van der Waals surface area contributed by atoms with E-state index >= 15 is 0 Å². The molecule has 114 valence electrons. The zero-order chi connectivity index (χ0) is 15.0. The average molecular weight is 288 g/mol. The van der Waals surface area contributed by atoms with Crippen molar-refractivity contribution in [1.29, 1.82) is 0 Å². The van der Waals surface area contributed by atoms with Gasteiger partial charge in [-0.05, 0) is 51.8 Å². The van der Waals surface area contributed by atoms with Crippen LogP contribution in [0, 0.1) is 6.92 Å². The van der Waals surface area contributed by atoms with Gasteiger partial charge in [-0.2, -0.15) is 0 Å². The van der Waals surface area contributed by atoms with Crippen molar-refractivity contribution in [2.75, 3.05) is 19.5 Å². The molecule has 2 bridgehead atoms. The zero-order valence-electron chi connectivity index (χ0n) is 13.1. The number of anilines is 1. The van der Waals surface area contributed by atoms with Gasteiger partial charge >= 0.3 is 5.97 Å². The molecule has 0 spiro atoms. The summed E-state index contributed by atoms with van der Waals surface area (Å²) < 4.78 is 5.13. The number of carbonyl (C=O) groups is 1. The second kappa shape index (κ2) is 5.34. The number of hydrogen-bond donors (Lipinski definition) is 1. The fraction of sp³-hybridized carbons (Fsp3) is 0.588. The van der Waals surface area contributed by atoms with Gasteiger partial charge in [0.05, 0.1) is 7.11 Å². The third-order valence-corrected chi connectivity index (χ3v) is 5.16. The van der Waals surface area contributed by atoms with E-state index in [0.717, 1.165) is 18.5 Å². The highest BCUT2D eigenvalue weighted by Crippen LogP contribution is 2.42. The molecule has 2 unspecified atom stereocenters. The minimum atomic E-state index is -0.581. The van der Waals surface area contributed by atoms with E-state index in [1.807, 2.05) is 12.1 Å². The summed E-state index contributed by atoms with van der Waals surface area (Å²) >= 11 is 0. The Balaban J connectivity index is 1.88. The SMILES string of the molecule is COC(=O)C1(Nc2ccc(C)cc2)CC2CCC(C1)N2C. The minimum absolute atomic E-state index is 0.131. The number of nitrogens with zero attached hydrogens (tertiary/aromatic N) is 1. The van der Waals surface area contributed by atoms with Crippen LogP contribution in [-0.4, -0.2) is 42.6 Å². The molecule has 21 heavy (non-hydrogen) atoms. The Morgan fingerprint density at radius 3 is 2.33 bits per heavy atom. The van der Waals surface area contributed by atoms with Crippen LogP contribution in [0.4, 0.5) is 5.69 Å². The molecule has 1 N–H and O–H groups in total. The quantitative estimate of drug-likeness (QED) is 0.868. The van der Waals surface area contributed by atoms with Gasteiger partial charge in [0.15, 0.2) is 0 Å². The largest absolute Gasteiger partial charge is 0.467 e. The van der Waals surface area contributed by atoms with Crippen LogP contribution in [0.25, 0.3) is 0 Å². The van der Waals surface area contributed by atoms with Crippen molar-refractivity contribution in [3.8, 4) is 0 Å². The first-order valence-corrected chi connectivity index (χ1v) is 7.69. The lowest BCUT2D eigenvalue weighted by molar-refractivity contribution is -0.148. The predicted molar refractivity (Wildman–Crippen MR) is 83.4 cm³/mol. The zero-order valence-corrected chi connectivity index (χ0v) is 13.1. The molecule has 1 aromatic carbocycles. The number of esters is 1. The first-order chi connectivity index (χ1) is 10.0. The summed E-state index contributed by atoms with van der Waals surface area (Å²) in [6, 6.07) is 9.16. The van der Waals surface area contributed by atoms with Gasteiger partial charge in [0, 0.05) is 17.8 Å². The lowest BCUT2D eigenvalue weighted by atomic mass is 9.82. The van der Waals surface area contributed by atoms with E-state index < -0.39 is 5.54 Å². The molecule has 2 aliphatic heterocycles. The van der Waals surface area contributed by atoms with Gasteiger partial charge in [-0.3, -0.25) is 0 Å². The Kier molecular flexibility index (Phi) is 3.66. The third-order valence-electron chi connectivity index (χ3n) is 5.16. The Bertz CT molecular complexity index is 512. The summed E-state index contributed by atoms with van der Waals surface area (Å²) in [5.74, 6) is -0.131. The van der Waals surface area contributed by atoms with Crippen molar-refractivity contribution < 1.29 is 9.53 Å². The molecule has 4 heteroatoms. The van der Waals surface area contributed by atoms with Crippen molar-refractivity contribution in [3.05, 3.63) is 29.8 Å². The lowest BCUT2D eigenvalue weighted by Crippen LogP contribution is -2.58. The van der Waals surface area contributed by atoms with Crippen LogP contribution in [0.5, 0.6) is 0 Å². The highest BCUT2D eigenvalue weighted by atomic mass is 16.5. The van der Waals surface area contributed by atoms with Crippen LogP contribution in [-0.2, 0) is 9.53 Å². The van der Waals surface area contributed by atoms with Crippen LogP contribution >= 0.6 is 0 Å². The predicted octanol–water partition coefficient (Wildman–Crippen LogP) is 2.58. The Morgan fingerprint density at radius 1 is 1.24 bits per heavy atom. The Morgan fingerprint density at radius 2 is 1.81 bits per heavy atom. The monoisotopic (exact) mass is 288 g/mol. The summed E-state index contributed by atoms with van der Waals surface area (Å²) in [5.41, 5.74) is 1.63. The number of carbonyl (C=O) groups excluding carboxylic acids is 1. The van der Waals surface area contributed by atoms with Crippen molar-refractivity contribution in [2.45, 2.75) is 50.2 Å². The highest BCUT2D eigenvalue weighted by Gasteiger charge is 2.51. The molecular weight excluding hydrogens is 264 g/mol. The maximum absolute atomic E-state index is 12.5. The first kappa shape index (κ1) is 14.4. The molecule has 2 fully saturated rings. The van der Waals surface area contributed by atoms with Gasteiger partial charge in [0.2, 0.25) is 0 Å². The number of nitrogens with one attached hydrogen (secondary N) is 1. The normalized spacial score (nSPS) is 32.0. The van der Waals surface area contributed by atoms with Gasteiger partial charge in [-0.1, -0.05) is 17.7 Å². The fourth-order valence-corrected chi connectivity index (χ4v) is 3.90. The van der Waals surface area contributed by atoms with Crippen LogP contribution in [0.1, 0.15) is 31.2 Å². The molecule has 0 saturated carbocycles. The molecule has 0 radical (unpaired) electrons. The maximum Gasteiger partial charge on any atom is 0.331 e. The van der Waals surface area contributed by atoms with E-state index in [2.05, 4.69) is 36.3 Å². The lowest BCUT2D eigenvalue weighted by Gasteiger charge is -2.44. The van der Waals surface area contributed by atoms with Gasteiger partial charge in [0.1, 0.15) is 5.54 Å². The smallest absolute Gasteiger partial charge is 0.331 e. The van der Waals surface area contributed by atoms with E-state index in [1.165, 1.54) is 25.5 Å². The molecular formula is C17H24N2O2. The van der Waals surface area contributed by atoms with Crippen LogP contribution < -0.4 is 5.32 Å². The van der Waals surface area contributed by atoms with E-state index in [4.69, 9.17) is 4.74 Å². The highest BCUT2D eigenvalue weighted by molar-refractivity contribution is 5.85. The molecule has 4 nitrogen and oxygen atoms in total. The topological polar surface area (TPSA) is 41.6 Å². The molecule has 2 heterocycles. The standard InChI is InChI=1S/C17H24N2O2/c1-12-4-6-13(7-5-12)18-17(16(20)21-3)10-14-8-9-15(11-17)19(14)2/h4-7,14-15,18H,8-11H2,1-3H3. The summed E-state index contributed by atoms with van der Waals surface area (Å²) in [6.45, 7) is 2.07. The fourth-order valence-electron chi connectivity index (χ4n) is 3.90. The summed E-state index contributed by atoms with van der Waals surface area (Å²) in [5, 5.41) is 3.49. The number of benzene rings is 1. The molecule has 1 aromatic rings. The second-order valence-electron chi connectivity index (χ2n) is 6.52. The Labute approximate surface area is 126 Å². The molecule has 2 saturated heterocycles. The average Bonchev–Trinajstić information content (AvgIpc) is 2.72.